The van der Waals surface area contributed by atoms with Gasteiger partial charge >= 0.3 is 0 Å². The molecule has 4 rings (SSSR count). The fourth-order valence-electron chi connectivity index (χ4n) is 3.04. The van der Waals surface area contributed by atoms with Gasteiger partial charge in [-0.3, -0.25) is 4.79 Å². The van der Waals surface area contributed by atoms with E-state index in [1.807, 2.05) is 74.6 Å². The SMILES string of the molecule is Cc1ccc(NC(=O)CSc2ccc(-c3ccc(-n4cccn4)cc3)nn2)c(C)c1. The van der Waals surface area contributed by atoms with E-state index in [-0.39, 0.29) is 11.7 Å². The van der Waals surface area contributed by atoms with Crippen molar-refractivity contribution in [1.82, 2.24) is 20.0 Å². The zero-order valence-corrected chi connectivity index (χ0v) is 17.6. The summed E-state index contributed by atoms with van der Waals surface area (Å²) >= 11 is 1.36. The molecule has 6 nitrogen and oxygen atoms in total. The molecule has 2 aromatic carbocycles. The van der Waals surface area contributed by atoms with Gasteiger partial charge in [0.1, 0.15) is 5.03 Å². The lowest BCUT2D eigenvalue weighted by molar-refractivity contribution is -0.113. The van der Waals surface area contributed by atoms with Crippen LogP contribution in [0.25, 0.3) is 16.9 Å². The van der Waals surface area contributed by atoms with Crippen LogP contribution in [0.2, 0.25) is 0 Å². The predicted molar refractivity (Wildman–Crippen MR) is 120 cm³/mol. The van der Waals surface area contributed by atoms with Crippen molar-refractivity contribution in [1.29, 1.82) is 0 Å². The lowest BCUT2D eigenvalue weighted by Crippen LogP contribution is -2.15. The smallest absolute Gasteiger partial charge is 0.234 e. The fourth-order valence-corrected chi connectivity index (χ4v) is 3.65. The van der Waals surface area contributed by atoms with Crippen molar-refractivity contribution in [3.05, 3.63) is 84.2 Å². The summed E-state index contributed by atoms with van der Waals surface area (Å²) in [7, 11) is 0. The molecule has 0 spiro atoms. The molecule has 0 saturated heterocycles. The molecule has 1 amide bonds. The Morgan fingerprint density at radius 2 is 1.87 bits per heavy atom. The van der Waals surface area contributed by atoms with E-state index in [0.717, 1.165) is 28.2 Å². The minimum atomic E-state index is -0.0629. The number of nitrogens with zero attached hydrogens (tertiary/aromatic N) is 4. The Morgan fingerprint density at radius 1 is 1.03 bits per heavy atom. The lowest BCUT2D eigenvalue weighted by Gasteiger charge is -2.09. The van der Waals surface area contributed by atoms with Crippen molar-refractivity contribution in [2.24, 2.45) is 0 Å². The first kappa shape index (κ1) is 19.8. The van der Waals surface area contributed by atoms with Crippen LogP contribution in [0.1, 0.15) is 11.1 Å². The molecular weight excluding hydrogens is 394 g/mol. The first-order valence-corrected chi connectivity index (χ1v) is 10.5. The minimum absolute atomic E-state index is 0.0629. The molecule has 0 aliphatic carbocycles. The van der Waals surface area contributed by atoms with Crippen LogP contribution in [0.4, 0.5) is 5.69 Å². The highest BCUT2D eigenvalue weighted by Gasteiger charge is 2.08. The maximum atomic E-state index is 12.3. The van der Waals surface area contributed by atoms with E-state index >= 15 is 0 Å². The summed E-state index contributed by atoms with van der Waals surface area (Å²) < 4.78 is 1.80. The molecule has 0 aliphatic heterocycles. The molecule has 150 valence electrons. The van der Waals surface area contributed by atoms with Crippen LogP contribution >= 0.6 is 11.8 Å². The molecule has 2 heterocycles. The number of carbonyl (C=O) groups excluding carboxylic acids is 1. The van der Waals surface area contributed by atoms with Crippen molar-refractivity contribution in [3.8, 4) is 16.9 Å². The average Bonchev–Trinajstić information content (AvgIpc) is 3.30. The molecular formula is C23H21N5OS. The molecule has 0 radical (unpaired) electrons. The van der Waals surface area contributed by atoms with Crippen LogP contribution in [0.3, 0.4) is 0 Å². The molecule has 30 heavy (non-hydrogen) atoms. The zero-order valence-electron chi connectivity index (χ0n) is 16.7. The topological polar surface area (TPSA) is 72.7 Å². The summed E-state index contributed by atoms with van der Waals surface area (Å²) in [5, 5.41) is 16.4. The van der Waals surface area contributed by atoms with Crippen LogP contribution in [-0.4, -0.2) is 31.6 Å². The molecule has 0 bridgehead atoms. The molecule has 2 aromatic heterocycles. The van der Waals surface area contributed by atoms with Gasteiger partial charge in [0.2, 0.25) is 5.91 Å². The fraction of sp³-hybridized carbons (Fsp3) is 0.130. The van der Waals surface area contributed by atoms with E-state index < -0.39 is 0 Å². The number of rotatable bonds is 6. The first-order chi connectivity index (χ1) is 14.6. The summed E-state index contributed by atoms with van der Waals surface area (Å²) in [6, 6.07) is 19.6. The molecule has 4 aromatic rings. The van der Waals surface area contributed by atoms with Crippen molar-refractivity contribution in [2.45, 2.75) is 18.9 Å². The Hall–Kier alpha value is -3.45. The maximum absolute atomic E-state index is 12.3. The van der Waals surface area contributed by atoms with Gasteiger partial charge in [-0.25, -0.2) is 4.68 Å². The first-order valence-electron chi connectivity index (χ1n) is 9.52. The highest BCUT2D eigenvalue weighted by atomic mass is 32.2. The van der Waals surface area contributed by atoms with E-state index in [1.54, 1.807) is 10.9 Å². The van der Waals surface area contributed by atoms with Gasteiger partial charge in [0.05, 0.1) is 17.1 Å². The van der Waals surface area contributed by atoms with Crippen molar-refractivity contribution < 1.29 is 4.79 Å². The molecule has 0 saturated carbocycles. The Morgan fingerprint density at radius 3 is 2.53 bits per heavy atom. The van der Waals surface area contributed by atoms with Gasteiger partial charge in [-0.05, 0) is 55.8 Å². The van der Waals surface area contributed by atoms with Gasteiger partial charge in [-0.1, -0.05) is 41.6 Å². The third kappa shape index (κ3) is 4.75. The standard InChI is InChI=1S/C23H21N5OS/c1-16-4-9-20(17(2)14-16)25-22(29)15-30-23-11-10-21(26-27-23)18-5-7-19(8-6-18)28-13-3-12-24-28/h3-14H,15H2,1-2H3,(H,25,29). The molecule has 0 atom stereocenters. The summed E-state index contributed by atoms with van der Waals surface area (Å²) in [5.74, 6) is 0.215. The van der Waals surface area contributed by atoms with Gasteiger partial charge in [-0.15, -0.1) is 10.2 Å². The molecule has 0 unspecified atom stereocenters. The molecule has 1 N–H and O–H groups in total. The molecule has 0 fully saturated rings. The summed E-state index contributed by atoms with van der Waals surface area (Å²) in [5.41, 5.74) is 5.81. The number of benzene rings is 2. The number of hydrogen-bond acceptors (Lipinski definition) is 5. The van der Waals surface area contributed by atoms with E-state index in [2.05, 4.69) is 26.7 Å². The normalized spacial score (nSPS) is 10.7. The van der Waals surface area contributed by atoms with Crippen molar-refractivity contribution in [3.63, 3.8) is 0 Å². The maximum Gasteiger partial charge on any atom is 0.234 e. The van der Waals surface area contributed by atoms with Gasteiger partial charge < -0.3 is 5.32 Å². The van der Waals surface area contributed by atoms with Crippen LogP contribution < -0.4 is 5.32 Å². The monoisotopic (exact) mass is 415 g/mol. The van der Waals surface area contributed by atoms with E-state index in [0.29, 0.717) is 5.03 Å². The number of thioether (sulfide) groups is 1. The number of nitrogens with one attached hydrogen (secondary N) is 1. The second-order valence-corrected chi connectivity index (χ2v) is 7.91. The molecule has 7 heteroatoms. The van der Waals surface area contributed by atoms with Gasteiger partial charge in [-0.2, -0.15) is 5.10 Å². The van der Waals surface area contributed by atoms with Gasteiger partial charge in [0.15, 0.2) is 0 Å². The predicted octanol–water partition coefficient (Wildman–Crippen LogP) is 4.68. The number of anilines is 1. The van der Waals surface area contributed by atoms with Crippen LogP contribution in [-0.2, 0) is 4.79 Å². The quantitative estimate of drug-likeness (QED) is 0.463. The van der Waals surface area contributed by atoms with E-state index in [9.17, 15) is 4.79 Å². The van der Waals surface area contributed by atoms with Crippen LogP contribution in [0.5, 0.6) is 0 Å². The average molecular weight is 416 g/mol. The number of hydrogen-bond donors (Lipinski definition) is 1. The zero-order chi connectivity index (χ0) is 20.9. The highest BCUT2D eigenvalue weighted by molar-refractivity contribution is 7.99. The molecule has 0 aliphatic rings. The number of amides is 1. The van der Waals surface area contributed by atoms with E-state index in [4.69, 9.17) is 0 Å². The third-order valence-corrected chi connectivity index (χ3v) is 5.50. The Labute approximate surface area is 179 Å². The van der Waals surface area contributed by atoms with Crippen LogP contribution in [0.15, 0.2) is 78.1 Å². The number of aromatic nitrogens is 4. The summed E-state index contributed by atoms with van der Waals surface area (Å²) in [6.45, 7) is 4.02. The second kappa shape index (κ2) is 8.92. The second-order valence-electron chi connectivity index (χ2n) is 6.91. The minimum Gasteiger partial charge on any atom is -0.325 e. The highest BCUT2D eigenvalue weighted by Crippen LogP contribution is 2.22. The van der Waals surface area contributed by atoms with Crippen molar-refractivity contribution >= 4 is 23.4 Å². The third-order valence-electron chi connectivity index (χ3n) is 4.58. The van der Waals surface area contributed by atoms with E-state index in [1.165, 1.54) is 17.3 Å². The van der Waals surface area contributed by atoms with Gasteiger partial charge in [0, 0.05) is 23.6 Å². The number of aryl methyl sites for hydroxylation is 2. The number of carbonyl (C=O) groups is 1. The summed E-state index contributed by atoms with van der Waals surface area (Å²) in [4.78, 5) is 12.3. The Bertz CT molecular complexity index is 1140. The largest absolute Gasteiger partial charge is 0.325 e. The lowest BCUT2D eigenvalue weighted by atomic mass is 10.1. The van der Waals surface area contributed by atoms with Crippen LogP contribution in [0, 0.1) is 13.8 Å². The van der Waals surface area contributed by atoms with Gasteiger partial charge in [0.25, 0.3) is 0 Å². The van der Waals surface area contributed by atoms with Crippen molar-refractivity contribution in [2.75, 3.05) is 11.1 Å². The Kier molecular flexibility index (Phi) is 5.90. The summed E-state index contributed by atoms with van der Waals surface area (Å²) in [6.07, 6.45) is 3.65. The Balaban J connectivity index is 1.35.